The molecule has 0 fully saturated rings. The van der Waals surface area contributed by atoms with Gasteiger partial charge in [0, 0.05) is 21.5 Å². The van der Waals surface area contributed by atoms with Gasteiger partial charge in [-0.3, -0.25) is 10.1 Å². The Labute approximate surface area is 127 Å². The number of rotatable bonds is 6. The van der Waals surface area contributed by atoms with Gasteiger partial charge in [-0.25, -0.2) is 0 Å². The number of nitrogens with one attached hydrogen (secondary N) is 1. The van der Waals surface area contributed by atoms with Crippen LogP contribution in [0.1, 0.15) is 31.6 Å². The zero-order chi connectivity index (χ0) is 14.8. The molecule has 1 heterocycles. The highest BCUT2D eigenvalue weighted by Crippen LogP contribution is 2.35. The molecule has 1 aromatic heterocycles. The highest BCUT2D eigenvalue weighted by Gasteiger charge is 2.34. The first-order valence-corrected chi connectivity index (χ1v) is 7.88. The normalized spacial score (nSPS) is 11.9. The number of hydrogen-bond donors (Lipinski definition) is 2. The van der Waals surface area contributed by atoms with E-state index in [1.54, 1.807) is 11.3 Å². The van der Waals surface area contributed by atoms with Crippen LogP contribution >= 0.6 is 22.9 Å². The van der Waals surface area contributed by atoms with Crippen LogP contribution in [0.15, 0.2) is 24.3 Å². The fourth-order valence-corrected chi connectivity index (χ4v) is 3.75. The fraction of sp³-hybridized carbons (Fsp3) is 0.400. The predicted molar refractivity (Wildman–Crippen MR) is 84.6 cm³/mol. The second kappa shape index (κ2) is 6.12. The Morgan fingerprint density at radius 3 is 2.55 bits per heavy atom. The van der Waals surface area contributed by atoms with Crippen molar-refractivity contribution in [3.63, 3.8) is 0 Å². The van der Waals surface area contributed by atoms with E-state index in [0.717, 1.165) is 20.0 Å². The van der Waals surface area contributed by atoms with Crippen LogP contribution < -0.4 is 5.32 Å². The van der Waals surface area contributed by atoms with Gasteiger partial charge < -0.3 is 5.11 Å². The summed E-state index contributed by atoms with van der Waals surface area (Å²) in [5.41, 5.74) is -0.875. The molecule has 108 valence electrons. The highest BCUT2D eigenvalue weighted by atomic mass is 35.5. The van der Waals surface area contributed by atoms with Gasteiger partial charge in [0.2, 0.25) is 0 Å². The largest absolute Gasteiger partial charge is 0.480 e. The number of hydrogen-bond acceptors (Lipinski definition) is 3. The number of halogens is 1. The third-order valence-electron chi connectivity index (χ3n) is 3.81. The lowest BCUT2D eigenvalue weighted by Crippen LogP contribution is -2.50. The topological polar surface area (TPSA) is 49.3 Å². The van der Waals surface area contributed by atoms with Crippen molar-refractivity contribution in [2.24, 2.45) is 0 Å². The van der Waals surface area contributed by atoms with Crippen LogP contribution in [0.3, 0.4) is 0 Å². The third kappa shape index (κ3) is 2.68. The van der Waals surface area contributed by atoms with Crippen molar-refractivity contribution in [2.45, 2.75) is 38.8 Å². The SMILES string of the molecule is CCC(CC)(NCc1sc2ccccc2c1Cl)C(=O)O. The number of aliphatic carboxylic acids is 1. The number of benzene rings is 1. The van der Waals surface area contributed by atoms with E-state index >= 15 is 0 Å². The molecule has 0 aliphatic heterocycles. The molecule has 0 spiro atoms. The van der Waals surface area contributed by atoms with E-state index in [0.29, 0.717) is 19.4 Å². The van der Waals surface area contributed by atoms with E-state index in [4.69, 9.17) is 11.6 Å². The van der Waals surface area contributed by atoms with E-state index in [2.05, 4.69) is 5.32 Å². The minimum Gasteiger partial charge on any atom is -0.480 e. The summed E-state index contributed by atoms with van der Waals surface area (Å²) in [6.07, 6.45) is 1.09. The van der Waals surface area contributed by atoms with Crippen molar-refractivity contribution in [3.8, 4) is 0 Å². The smallest absolute Gasteiger partial charge is 0.323 e. The van der Waals surface area contributed by atoms with E-state index in [-0.39, 0.29) is 0 Å². The van der Waals surface area contributed by atoms with Gasteiger partial charge in [0.05, 0.1) is 5.02 Å². The molecule has 0 saturated carbocycles. The lowest BCUT2D eigenvalue weighted by atomic mass is 9.93. The lowest BCUT2D eigenvalue weighted by Gasteiger charge is -2.28. The molecule has 2 rings (SSSR count). The molecule has 20 heavy (non-hydrogen) atoms. The van der Waals surface area contributed by atoms with Crippen molar-refractivity contribution in [3.05, 3.63) is 34.2 Å². The minimum atomic E-state index is -0.875. The van der Waals surface area contributed by atoms with Gasteiger partial charge in [0.15, 0.2) is 0 Å². The molecule has 0 amide bonds. The quantitative estimate of drug-likeness (QED) is 0.836. The van der Waals surface area contributed by atoms with Crippen molar-refractivity contribution in [2.75, 3.05) is 0 Å². The molecule has 5 heteroatoms. The zero-order valence-corrected chi connectivity index (χ0v) is 13.1. The summed E-state index contributed by atoms with van der Waals surface area (Å²) in [4.78, 5) is 12.5. The van der Waals surface area contributed by atoms with Gasteiger partial charge >= 0.3 is 5.97 Å². The van der Waals surface area contributed by atoms with E-state index in [9.17, 15) is 9.90 Å². The first-order valence-electron chi connectivity index (χ1n) is 6.68. The molecule has 2 N–H and O–H groups in total. The predicted octanol–water partition coefficient (Wildman–Crippen LogP) is 4.29. The van der Waals surface area contributed by atoms with Crippen LogP contribution in [0.25, 0.3) is 10.1 Å². The van der Waals surface area contributed by atoms with Crippen LogP contribution in [0, 0.1) is 0 Å². The number of carboxylic acids is 1. The molecule has 0 unspecified atom stereocenters. The molecular formula is C15H18ClNO2S. The Balaban J connectivity index is 2.24. The second-order valence-corrected chi connectivity index (χ2v) is 6.30. The van der Waals surface area contributed by atoms with Crippen molar-refractivity contribution >= 4 is 39.0 Å². The van der Waals surface area contributed by atoms with Crippen molar-refractivity contribution in [1.82, 2.24) is 5.32 Å². The van der Waals surface area contributed by atoms with Gasteiger partial charge in [0.1, 0.15) is 5.54 Å². The van der Waals surface area contributed by atoms with E-state index in [1.165, 1.54) is 0 Å². The average Bonchev–Trinajstić information content (AvgIpc) is 2.77. The lowest BCUT2D eigenvalue weighted by molar-refractivity contribution is -0.145. The molecule has 0 saturated heterocycles. The summed E-state index contributed by atoms with van der Waals surface area (Å²) in [6, 6.07) is 7.95. The Hall–Kier alpha value is -1.10. The number of thiophene rings is 1. The Bertz CT molecular complexity index is 619. The first kappa shape index (κ1) is 15.3. The van der Waals surface area contributed by atoms with Crippen LogP contribution in [0.5, 0.6) is 0 Å². The Kier molecular flexibility index (Phi) is 4.68. The summed E-state index contributed by atoms with van der Waals surface area (Å²) >= 11 is 7.98. The monoisotopic (exact) mass is 311 g/mol. The van der Waals surface area contributed by atoms with Gasteiger partial charge in [-0.1, -0.05) is 43.6 Å². The minimum absolute atomic E-state index is 0.478. The molecule has 0 atom stereocenters. The van der Waals surface area contributed by atoms with Crippen LogP contribution in [0.4, 0.5) is 0 Å². The van der Waals surface area contributed by atoms with Gasteiger partial charge in [0.25, 0.3) is 0 Å². The van der Waals surface area contributed by atoms with Crippen LogP contribution in [0.2, 0.25) is 5.02 Å². The summed E-state index contributed by atoms with van der Waals surface area (Å²) in [7, 11) is 0. The number of carbonyl (C=O) groups is 1. The molecule has 3 nitrogen and oxygen atoms in total. The van der Waals surface area contributed by atoms with E-state index in [1.807, 2.05) is 38.1 Å². The summed E-state index contributed by atoms with van der Waals surface area (Å²) in [6.45, 7) is 4.25. The zero-order valence-electron chi connectivity index (χ0n) is 11.6. The molecule has 1 aromatic carbocycles. The molecule has 2 aromatic rings. The van der Waals surface area contributed by atoms with Gasteiger partial charge in [-0.2, -0.15) is 0 Å². The summed E-state index contributed by atoms with van der Waals surface area (Å²) in [5, 5.41) is 14.4. The fourth-order valence-electron chi connectivity index (χ4n) is 2.31. The van der Waals surface area contributed by atoms with Gasteiger partial charge in [-0.05, 0) is 18.9 Å². The third-order valence-corrected chi connectivity index (χ3v) is 5.52. The van der Waals surface area contributed by atoms with E-state index < -0.39 is 11.5 Å². The average molecular weight is 312 g/mol. The molecule has 0 aliphatic rings. The van der Waals surface area contributed by atoms with Crippen molar-refractivity contribution < 1.29 is 9.90 Å². The Morgan fingerprint density at radius 2 is 2.00 bits per heavy atom. The second-order valence-electron chi connectivity index (χ2n) is 4.78. The van der Waals surface area contributed by atoms with Crippen molar-refractivity contribution in [1.29, 1.82) is 0 Å². The number of fused-ring (bicyclic) bond motifs is 1. The maximum atomic E-state index is 11.5. The summed E-state index contributed by atoms with van der Waals surface area (Å²) in [5.74, 6) is -0.806. The van der Waals surface area contributed by atoms with Crippen LogP contribution in [-0.2, 0) is 11.3 Å². The molecule has 0 bridgehead atoms. The molecular weight excluding hydrogens is 294 g/mol. The maximum Gasteiger partial charge on any atom is 0.323 e. The summed E-state index contributed by atoms with van der Waals surface area (Å²) < 4.78 is 1.13. The molecule has 0 aliphatic carbocycles. The molecule has 0 radical (unpaired) electrons. The standard InChI is InChI=1S/C15H18ClNO2S/c1-3-15(4-2,14(18)19)17-9-12-13(16)10-7-5-6-8-11(10)20-12/h5-8,17H,3-4,9H2,1-2H3,(H,18,19). The Morgan fingerprint density at radius 1 is 1.35 bits per heavy atom. The highest BCUT2D eigenvalue weighted by molar-refractivity contribution is 7.19. The van der Waals surface area contributed by atoms with Crippen LogP contribution in [-0.4, -0.2) is 16.6 Å². The van der Waals surface area contributed by atoms with Gasteiger partial charge in [-0.15, -0.1) is 11.3 Å². The first-order chi connectivity index (χ1) is 9.54. The maximum absolute atomic E-state index is 11.5. The number of carboxylic acid groups (broad SMARTS) is 1.